The van der Waals surface area contributed by atoms with Gasteiger partial charge in [0.15, 0.2) is 6.10 Å². The van der Waals surface area contributed by atoms with E-state index in [1.54, 1.807) is 18.0 Å². The normalized spacial score (nSPS) is 15.8. The lowest BCUT2D eigenvalue weighted by Crippen LogP contribution is -2.50. The predicted molar refractivity (Wildman–Crippen MR) is 112 cm³/mol. The van der Waals surface area contributed by atoms with Crippen LogP contribution < -0.4 is 15.0 Å². The Bertz CT molecular complexity index is 903. The van der Waals surface area contributed by atoms with Gasteiger partial charge in [0.05, 0.1) is 17.9 Å². The van der Waals surface area contributed by atoms with E-state index in [9.17, 15) is 9.59 Å². The van der Waals surface area contributed by atoms with Gasteiger partial charge < -0.3 is 15.0 Å². The van der Waals surface area contributed by atoms with Gasteiger partial charge in [0.2, 0.25) is 5.91 Å². The van der Waals surface area contributed by atoms with Crippen LogP contribution in [0.5, 0.6) is 5.75 Å². The third kappa shape index (κ3) is 4.44. The Morgan fingerprint density at radius 2 is 2.00 bits per heavy atom. The molecule has 0 saturated heterocycles. The first-order valence-corrected chi connectivity index (χ1v) is 10.1. The first kappa shape index (κ1) is 20.9. The van der Waals surface area contributed by atoms with Crippen molar-refractivity contribution in [3.8, 4) is 5.75 Å². The summed E-state index contributed by atoms with van der Waals surface area (Å²) in [4.78, 5) is 26.9. The molecule has 2 heterocycles. The van der Waals surface area contributed by atoms with Crippen molar-refractivity contribution in [1.29, 1.82) is 0 Å². The van der Waals surface area contributed by atoms with E-state index < -0.39 is 6.10 Å². The Labute approximate surface area is 172 Å². The Morgan fingerprint density at radius 3 is 2.69 bits per heavy atom. The molecule has 7 nitrogen and oxygen atoms in total. The minimum atomic E-state index is -0.712. The number of anilines is 1. The molecule has 1 N–H and O–H groups in total. The lowest BCUT2D eigenvalue weighted by Gasteiger charge is -2.34. The first-order valence-electron chi connectivity index (χ1n) is 10.1. The van der Waals surface area contributed by atoms with Crippen molar-refractivity contribution in [2.45, 2.75) is 53.2 Å². The molecule has 1 atom stereocenters. The van der Waals surface area contributed by atoms with Gasteiger partial charge in [-0.1, -0.05) is 26.0 Å². The summed E-state index contributed by atoms with van der Waals surface area (Å²) in [5.41, 5.74) is 3.93. The fourth-order valence-corrected chi connectivity index (χ4v) is 3.75. The van der Waals surface area contributed by atoms with Crippen molar-refractivity contribution < 1.29 is 14.3 Å². The fourth-order valence-electron chi connectivity index (χ4n) is 3.75. The number of rotatable bonds is 6. The molecule has 7 heteroatoms. The van der Waals surface area contributed by atoms with Crippen LogP contribution in [0.15, 0.2) is 24.3 Å². The van der Waals surface area contributed by atoms with Gasteiger partial charge in [0.25, 0.3) is 5.91 Å². The summed E-state index contributed by atoms with van der Waals surface area (Å²) >= 11 is 0. The van der Waals surface area contributed by atoms with Crippen LogP contribution in [0.25, 0.3) is 0 Å². The van der Waals surface area contributed by atoms with Gasteiger partial charge in [0.1, 0.15) is 5.75 Å². The Morgan fingerprint density at radius 1 is 1.28 bits per heavy atom. The molecule has 2 aromatic rings. The summed E-state index contributed by atoms with van der Waals surface area (Å²) in [5.74, 6) is 0.802. The Balaban J connectivity index is 1.77. The average Bonchev–Trinajstić information content (AvgIpc) is 2.96. The molecule has 1 aromatic carbocycles. The van der Waals surface area contributed by atoms with Crippen LogP contribution in [0, 0.1) is 19.8 Å². The highest BCUT2D eigenvalue weighted by Gasteiger charge is 2.33. The van der Waals surface area contributed by atoms with E-state index in [0.717, 1.165) is 23.5 Å². The van der Waals surface area contributed by atoms with Crippen molar-refractivity contribution in [2.24, 2.45) is 5.92 Å². The second-order valence-electron chi connectivity index (χ2n) is 7.92. The highest BCUT2D eigenvalue weighted by Crippen LogP contribution is 2.33. The first-order chi connectivity index (χ1) is 13.8. The monoisotopic (exact) mass is 398 g/mol. The zero-order chi connectivity index (χ0) is 21.1. The van der Waals surface area contributed by atoms with E-state index in [1.807, 2.05) is 29.8 Å². The van der Waals surface area contributed by atoms with Gasteiger partial charge in [-0.25, -0.2) is 0 Å². The number of hydrogen-bond acceptors (Lipinski definition) is 4. The number of nitrogens with one attached hydrogen (secondary N) is 1. The molecule has 2 amide bonds. The van der Waals surface area contributed by atoms with Crippen LogP contribution in [-0.4, -0.2) is 41.3 Å². The van der Waals surface area contributed by atoms with Gasteiger partial charge >= 0.3 is 0 Å². The molecule has 1 aliphatic heterocycles. The van der Waals surface area contributed by atoms with Crippen molar-refractivity contribution >= 4 is 17.5 Å². The van der Waals surface area contributed by atoms with E-state index in [1.165, 1.54) is 0 Å². The number of carbonyl (C=O) groups excluding carboxylic acids is 2. The average molecular weight is 399 g/mol. The summed E-state index contributed by atoms with van der Waals surface area (Å²) in [5, 5.41) is 7.24. The van der Waals surface area contributed by atoms with Gasteiger partial charge in [-0.15, -0.1) is 0 Å². The van der Waals surface area contributed by atoms with E-state index in [-0.39, 0.29) is 18.4 Å². The maximum absolute atomic E-state index is 13.1. The lowest BCUT2D eigenvalue weighted by atomic mass is 10.1. The number of aromatic nitrogens is 2. The molecule has 1 aromatic heterocycles. The van der Waals surface area contributed by atoms with Crippen LogP contribution in [0.1, 0.15) is 37.2 Å². The van der Waals surface area contributed by atoms with Gasteiger partial charge in [-0.05, 0) is 43.9 Å². The fraction of sp³-hybridized carbons (Fsp3) is 0.500. The second kappa shape index (κ2) is 8.68. The van der Waals surface area contributed by atoms with Crippen LogP contribution in [0.4, 0.5) is 5.69 Å². The molecule has 0 saturated carbocycles. The van der Waals surface area contributed by atoms with Crippen LogP contribution >= 0.6 is 0 Å². The van der Waals surface area contributed by atoms with Crippen molar-refractivity contribution in [3.05, 3.63) is 41.2 Å². The number of carbonyl (C=O) groups is 2. The number of likely N-dealkylation sites (N-methyl/N-ethyl adjacent to an activating group) is 1. The van der Waals surface area contributed by atoms with E-state index in [0.29, 0.717) is 30.2 Å². The number of amides is 2. The quantitative estimate of drug-likeness (QED) is 0.812. The molecular weight excluding hydrogens is 368 g/mol. The summed E-state index contributed by atoms with van der Waals surface area (Å²) < 4.78 is 7.82. The highest BCUT2D eigenvalue weighted by atomic mass is 16.5. The SMILES string of the molecule is CNC(=O)[C@H]1CN(C(=O)CCc2c(C)nn(CC(C)C)c2C)c2ccccc2O1. The number of fused-ring (bicyclic) bond motifs is 1. The minimum absolute atomic E-state index is 0.0231. The highest BCUT2D eigenvalue weighted by molar-refractivity contribution is 5.97. The molecule has 0 bridgehead atoms. The summed E-state index contributed by atoms with van der Waals surface area (Å²) in [6.07, 6.45) is 0.263. The molecule has 0 unspecified atom stereocenters. The summed E-state index contributed by atoms with van der Waals surface area (Å²) in [7, 11) is 1.57. The number of aryl methyl sites for hydroxylation is 1. The summed E-state index contributed by atoms with van der Waals surface area (Å²) in [6, 6.07) is 7.34. The topological polar surface area (TPSA) is 76.5 Å². The molecule has 156 valence electrons. The number of para-hydroxylation sites is 2. The lowest BCUT2D eigenvalue weighted by molar-refractivity contribution is -0.127. The maximum Gasteiger partial charge on any atom is 0.262 e. The van der Waals surface area contributed by atoms with Crippen molar-refractivity contribution in [1.82, 2.24) is 15.1 Å². The Hall–Kier alpha value is -2.83. The molecule has 0 spiro atoms. The number of benzene rings is 1. The van der Waals surface area contributed by atoms with Crippen LogP contribution in [0.2, 0.25) is 0 Å². The second-order valence-corrected chi connectivity index (χ2v) is 7.92. The molecule has 0 aliphatic carbocycles. The standard InChI is InChI=1S/C22H30N4O3/c1-14(2)12-26-16(4)17(15(3)24-26)10-11-21(27)25-13-20(22(28)23-5)29-19-9-7-6-8-18(19)25/h6-9,14,20H,10-13H2,1-5H3,(H,23,28)/t20-/m1/s1. The zero-order valence-corrected chi connectivity index (χ0v) is 17.9. The maximum atomic E-state index is 13.1. The van der Waals surface area contributed by atoms with Gasteiger partial charge in [-0.3, -0.25) is 14.3 Å². The largest absolute Gasteiger partial charge is 0.477 e. The van der Waals surface area contributed by atoms with E-state index in [4.69, 9.17) is 4.74 Å². The van der Waals surface area contributed by atoms with Crippen LogP contribution in [-0.2, 0) is 22.6 Å². The summed E-state index contributed by atoms with van der Waals surface area (Å²) in [6.45, 7) is 9.46. The zero-order valence-electron chi connectivity index (χ0n) is 17.9. The molecular formula is C22H30N4O3. The molecule has 0 radical (unpaired) electrons. The number of nitrogens with zero attached hydrogens (tertiary/aromatic N) is 3. The Kier molecular flexibility index (Phi) is 6.25. The van der Waals surface area contributed by atoms with Gasteiger partial charge in [0, 0.05) is 25.7 Å². The molecule has 3 rings (SSSR count). The minimum Gasteiger partial charge on any atom is -0.477 e. The van der Waals surface area contributed by atoms with E-state index >= 15 is 0 Å². The molecule has 29 heavy (non-hydrogen) atoms. The van der Waals surface area contributed by atoms with Crippen LogP contribution in [0.3, 0.4) is 0 Å². The predicted octanol–water partition coefficient (Wildman–Crippen LogP) is 2.63. The molecule has 1 aliphatic rings. The third-order valence-electron chi connectivity index (χ3n) is 5.27. The molecule has 0 fully saturated rings. The van der Waals surface area contributed by atoms with Crippen molar-refractivity contribution in [3.63, 3.8) is 0 Å². The van der Waals surface area contributed by atoms with Crippen molar-refractivity contribution in [2.75, 3.05) is 18.5 Å². The van der Waals surface area contributed by atoms with E-state index in [2.05, 4.69) is 31.2 Å². The smallest absolute Gasteiger partial charge is 0.262 e. The van der Waals surface area contributed by atoms with Gasteiger partial charge in [-0.2, -0.15) is 5.10 Å². The number of hydrogen-bond donors (Lipinski definition) is 1. The third-order valence-corrected chi connectivity index (χ3v) is 5.27. The number of ether oxygens (including phenoxy) is 1.